The minimum Gasteiger partial charge on any atom is -0.481 e. The number of carbonyl (C=O) groups is 2. The molecule has 1 aliphatic carbocycles. The van der Waals surface area contributed by atoms with Crippen molar-refractivity contribution in [2.45, 2.75) is 56.3 Å². The molecule has 2 aromatic heterocycles. The lowest BCUT2D eigenvalue weighted by atomic mass is 10.1. The fourth-order valence-corrected chi connectivity index (χ4v) is 4.84. The van der Waals surface area contributed by atoms with Gasteiger partial charge in [0.25, 0.3) is 0 Å². The van der Waals surface area contributed by atoms with Gasteiger partial charge in [0.1, 0.15) is 30.8 Å². The van der Waals surface area contributed by atoms with Crippen LogP contribution in [0.4, 0.5) is 10.6 Å². The molecule has 1 saturated carbocycles. The van der Waals surface area contributed by atoms with E-state index in [1.165, 1.54) is 17.2 Å². The van der Waals surface area contributed by atoms with Gasteiger partial charge in [-0.25, -0.2) is 19.7 Å². The number of anilines is 1. The number of ether oxygens (including phenoxy) is 1. The Kier molecular flexibility index (Phi) is 7.12. The molecule has 5 atom stereocenters. The van der Waals surface area contributed by atoms with E-state index >= 15 is 0 Å². The number of fused-ring (bicyclic) bond motifs is 1. The fourth-order valence-electron chi connectivity index (χ4n) is 4.03. The third-order valence-corrected chi connectivity index (χ3v) is 6.89. The number of aliphatic carboxylic acids is 1. The summed E-state index contributed by atoms with van der Waals surface area (Å²) >= 11 is 0. The zero-order chi connectivity index (χ0) is 24.5. The van der Waals surface area contributed by atoms with E-state index in [2.05, 4.69) is 25.6 Å². The Morgan fingerprint density at radius 3 is 2.65 bits per heavy atom. The highest BCUT2D eigenvalue weighted by atomic mass is 31.2. The maximum absolute atomic E-state index is 12.3. The number of aromatic nitrogens is 4. The molecule has 15 nitrogen and oxygen atoms in total. The number of carboxylic acid groups (broad SMARTS) is 1. The van der Waals surface area contributed by atoms with Crippen molar-refractivity contribution in [3.8, 4) is 0 Å². The van der Waals surface area contributed by atoms with E-state index in [-0.39, 0.29) is 23.0 Å². The van der Waals surface area contributed by atoms with Crippen molar-refractivity contribution in [1.82, 2.24) is 24.8 Å². The Bertz CT molecular complexity index is 1110. The predicted octanol–water partition coefficient (Wildman–Crippen LogP) is -0.204. The third kappa shape index (κ3) is 5.35. The standard InChI is InChI=1S/C18H25N6O9P/c25-11(26)6-34(30,31)32-5-10-13(27)14(28)17(33-10)24-8-21-12-15(19-7-20-16(12)24)23-18(29)22-9-3-1-2-4-9/h7-10,13-14,17,27-28H,1-6H2,(H,25,26)(H,30,31)(H2,19,20,22,23,29)/t10-,13+,14+,17-/m1/s1. The Hall–Kier alpha value is -2.68. The molecule has 2 amide bonds. The Labute approximate surface area is 192 Å². The van der Waals surface area contributed by atoms with E-state index in [0.29, 0.717) is 0 Å². The predicted molar refractivity (Wildman–Crippen MR) is 114 cm³/mol. The number of hydrogen-bond acceptors (Lipinski definition) is 10. The highest BCUT2D eigenvalue weighted by Crippen LogP contribution is 2.43. The van der Waals surface area contributed by atoms with Gasteiger partial charge in [-0.3, -0.25) is 19.2 Å². The highest BCUT2D eigenvalue weighted by molar-refractivity contribution is 7.53. The van der Waals surface area contributed by atoms with Gasteiger partial charge in [0.05, 0.1) is 12.9 Å². The van der Waals surface area contributed by atoms with Gasteiger partial charge in [0.2, 0.25) is 0 Å². The number of carboxylic acids is 1. The largest absolute Gasteiger partial charge is 0.481 e. The van der Waals surface area contributed by atoms with Gasteiger partial charge in [0.15, 0.2) is 23.2 Å². The summed E-state index contributed by atoms with van der Waals surface area (Å²) in [5.74, 6) is -1.38. The summed E-state index contributed by atoms with van der Waals surface area (Å²) in [6, 6.07) is -0.330. The van der Waals surface area contributed by atoms with Crippen LogP contribution in [-0.2, 0) is 18.6 Å². The van der Waals surface area contributed by atoms with E-state index in [9.17, 15) is 29.3 Å². The van der Waals surface area contributed by atoms with E-state index in [1.54, 1.807) is 0 Å². The van der Waals surface area contributed by atoms with Gasteiger partial charge in [-0.15, -0.1) is 0 Å². The molecule has 0 spiro atoms. The second kappa shape index (κ2) is 9.90. The van der Waals surface area contributed by atoms with Crippen LogP contribution in [0.5, 0.6) is 0 Å². The van der Waals surface area contributed by atoms with E-state index < -0.39 is 56.9 Å². The van der Waals surface area contributed by atoms with Crippen LogP contribution in [0, 0.1) is 0 Å². The fraction of sp³-hybridized carbons (Fsp3) is 0.611. The minimum atomic E-state index is -4.46. The number of aliphatic hydroxyl groups excluding tert-OH is 2. The first-order valence-electron chi connectivity index (χ1n) is 10.6. The quantitative estimate of drug-likeness (QED) is 0.260. The summed E-state index contributed by atoms with van der Waals surface area (Å²) < 4.78 is 23.4. The second-order valence-electron chi connectivity index (χ2n) is 8.16. The summed E-state index contributed by atoms with van der Waals surface area (Å²) in [6.45, 7) is -0.633. The molecule has 3 heterocycles. The molecule has 16 heteroatoms. The number of amides is 2. The van der Waals surface area contributed by atoms with Crippen LogP contribution in [0.25, 0.3) is 11.2 Å². The number of rotatable bonds is 8. The highest BCUT2D eigenvalue weighted by Gasteiger charge is 2.45. The number of carbonyl (C=O) groups excluding carboxylic acids is 1. The topological polar surface area (TPSA) is 218 Å². The first-order chi connectivity index (χ1) is 16.1. The maximum atomic E-state index is 12.3. The summed E-state index contributed by atoms with van der Waals surface area (Å²) in [6.07, 6.45) is -0.124. The van der Waals surface area contributed by atoms with E-state index in [1.807, 2.05) is 0 Å². The van der Waals surface area contributed by atoms with Crippen molar-refractivity contribution in [3.63, 3.8) is 0 Å². The Balaban J connectivity index is 1.46. The van der Waals surface area contributed by atoms with Crippen LogP contribution in [-0.4, -0.2) is 88.9 Å². The average Bonchev–Trinajstić information content (AvgIpc) is 3.47. The second-order valence-corrected chi connectivity index (χ2v) is 10.0. The zero-order valence-electron chi connectivity index (χ0n) is 17.9. The van der Waals surface area contributed by atoms with Crippen LogP contribution in [0.1, 0.15) is 31.9 Å². The summed E-state index contributed by atoms with van der Waals surface area (Å²) in [5.41, 5.74) is 0.415. The lowest BCUT2D eigenvalue weighted by Crippen LogP contribution is -2.36. The molecule has 1 saturated heterocycles. The van der Waals surface area contributed by atoms with Crippen LogP contribution in [0.3, 0.4) is 0 Å². The van der Waals surface area contributed by atoms with Gasteiger partial charge in [-0.1, -0.05) is 12.8 Å². The SMILES string of the molecule is O=C(O)CP(=O)(O)OC[C@H]1O[C@@H](n2cnc3c(NC(=O)NC4CCCC4)ncnc32)[C@@H](O)[C@H]1O. The lowest BCUT2D eigenvalue weighted by molar-refractivity contribution is -0.134. The summed E-state index contributed by atoms with van der Waals surface area (Å²) in [7, 11) is -4.46. The van der Waals surface area contributed by atoms with Crippen molar-refractivity contribution in [2.24, 2.45) is 0 Å². The molecular weight excluding hydrogens is 475 g/mol. The number of nitrogens with zero attached hydrogens (tertiary/aromatic N) is 4. The first kappa shape index (κ1) is 24.4. The van der Waals surface area contributed by atoms with E-state index in [4.69, 9.17) is 14.4 Å². The Morgan fingerprint density at radius 2 is 1.94 bits per heavy atom. The molecule has 0 bridgehead atoms. The van der Waals surface area contributed by atoms with E-state index in [0.717, 1.165) is 25.7 Å². The maximum Gasteiger partial charge on any atom is 0.339 e. The van der Waals surface area contributed by atoms with Crippen molar-refractivity contribution in [1.29, 1.82) is 0 Å². The number of hydrogen-bond donors (Lipinski definition) is 6. The number of imidazole rings is 1. The summed E-state index contributed by atoms with van der Waals surface area (Å²) in [5, 5.41) is 35.0. The van der Waals surface area contributed by atoms with Crippen LogP contribution < -0.4 is 10.6 Å². The van der Waals surface area contributed by atoms with Crippen LogP contribution in [0.15, 0.2) is 12.7 Å². The lowest BCUT2D eigenvalue weighted by Gasteiger charge is -2.17. The molecule has 0 radical (unpaired) electrons. The molecule has 1 aliphatic heterocycles. The molecule has 2 aliphatic rings. The summed E-state index contributed by atoms with van der Waals surface area (Å²) in [4.78, 5) is 44.9. The van der Waals surface area contributed by atoms with Crippen molar-refractivity contribution in [2.75, 3.05) is 18.1 Å². The molecule has 2 fully saturated rings. The molecule has 1 unspecified atom stereocenters. The van der Waals surface area contributed by atoms with Crippen molar-refractivity contribution >= 4 is 36.6 Å². The van der Waals surface area contributed by atoms with Gasteiger partial charge >= 0.3 is 19.6 Å². The van der Waals surface area contributed by atoms with Gasteiger partial charge in [-0.05, 0) is 12.8 Å². The average molecular weight is 500 g/mol. The first-order valence-corrected chi connectivity index (χ1v) is 12.4. The monoisotopic (exact) mass is 500 g/mol. The smallest absolute Gasteiger partial charge is 0.339 e. The van der Waals surface area contributed by atoms with Crippen LogP contribution >= 0.6 is 7.60 Å². The number of nitrogens with one attached hydrogen (secondary N) is 2. The van der Waals surface area contributed by atoms with Gasteiger partial charge in [0, 0.05) is 6.04 Å². The molecule has 34 heavy (non-hydrogen) atoms. The molecule has 0 aromatic carbocycles. The molecule has 186 valence electrons. The molecule has 2 aromatic rings. The van der Waals surface area contributed by atoms with Gasteiger partial charge in [-0.2, -0.15) is 0 Å². The normalized spacial score (nSPS) is 27.0. The van der Waals surface area contributed by atoms with Gasteiger partial charge < -0.3 is 34.8 Å². The van der Waals surface area contributed by atoms with Crippen molar-refractivity contribution < 1.29 is 43.6 Å². The zero-order valence-corrected chi connectivity index (χ0v) is 18.7. The van der Waals surface area contributed by atoms with Crippen LogP contribution in [0.2, 0.25) is 0 Å². The number of urea groups is 1. The third-order valence-electron chi connectivity index (χ3n) is 5.67. The molecule has 4 rings (SSSR count). The number of aliphatic hydroxyl groups is 2. The van der Waals surface area contributed by atoms with Crippen molar-refractivity contribution in [3.05, 3.63) is 12.7 Å². The molecular formula is C18H25N6O9P. The minimum absolute atomic E-state index is 0.0993. The molecule has 6 N–H and O–H groups in total. The Morgan fingerprint density at radius 1 is 1.21 bits per heavy atom.